The average molecular weight is 410 g/mol. The number of hydrogen-bond donors (Lipinski definition) is 2. The number of rotatable bonds is 3. The number of nitrogens with zero attached hydrogens (tertiary/aromatic N) is 2. The van der Waals surface area contributed by atoms with Crippen molar-refractivity contribution in [1.82, 2.24) is 20.2 Å². The Morgan fingerprint density at radius 1 is 1.17 bits per heavy atom. The maximum Gasteiger partial charge on any atom is 0.417 e. The SMILES string of the molecule is CC.O=C(NCC(=O)N1CCC2(CC1)CC2)c1cc2cc(C(F)(F)F)cnc2[nH]1. The van der Waals surface area contributed by atoms with E-state index in [1.54, 1.807) is 4.90 Å². The molecular formula is C20H25F3N4O2. The summed E-state index contributed by atoms with van der Waals surface area (Å²) in [6.45, 7) is 5.29. The standard InChI is InChI=1S/C18H19F3N4O2.C2H6/c19-18(20,21)12-7-11-8-13(24-15(11)22-9-12)16(27)23-10-14(26)25-5-3-17(1-2-17)4-6-25;1-2/h7-9H,1-6,10H2,(H,22,24)(H,23,27);1-2H3. The lowest BCUT2D eigenvalue weighted by Gasteiger charge is -2.32. The Morgan fingerprint density at radius 2 is 1.83 bits per heavy atom. The highest BCUT2D eigenvalue weighted by Gasteiger charge is 2.45. The van der Waals surface area contributed by atoms with Gasteiger partial charge >= 0.3 is 6.18 Å². The summed E-state index contributed by atoms with van der Waals surface area (Å²) in [5.41, 5.74) is -0.160. The van der Waals surface area contributed by atoms with Gasteiger partial charge in [-0.25, -0.2) is 4.98 Å². The number of alkyl halides is 3. The van der Waals surface area contributed by atoms with Crippen LogP contribution in [0.15, 0.2) is 18.3 Å². The molecule has 1 spiro atoms. The summed E-state index contributed by atoms with van der Waals surface area (Å²) in [6, 6.07) is 2.23. The molecular weight excluding hydrogens is 385 g/mol. The molecule has 9 heteroatoms. The minimum atomic E-state index is -4.50. The molecule has 0 atom stereocenters. The van der Waals surface area contributed by atoms with E-state index in [1.807, 2.05) is 13.8 Å². The molecule has 0 aromatic carbocycles. The molecule has 1 aliphatic heterocycles. The lowest BCUT2D eigenvalue weighted by Crippen LogP contribution is -2.44. The Morgan fingerprint density at radius 3 is 2.41 bits per heavy atom. The second-order valence-corrected chi connectivity index (χ2v) is 7.41. The highest BCUT2D eigenvalue weighted by atomic mass is 19.4. The van der Waals surface area contributed by atoms with Gasteiger partial charge in [0.2, 0.25) is 5.91 Å². The molecule has 0 radical (unpaired) electrons. The Bertz CT molecular complexity index is 893. The van der Waals surface area contributed by atoms with Crippen molar-refractivity contribution in [1.29, 1.82) is 0 Å². The van der Waals surface area contributed by atoms with Crippen LogP contribution in [0.5, 0.6) is 0 Å². The zero-order valence-electron chi connectivity index (χ0n) is 16.5. The predicted molar refractivity (Wildman–Crippen MR) is 102 cm³/mol. The number of fused-ring (bicyclic) bond motifs is 1. The quantitative estimate of drug-likeness (QED) is 0.809. The second kappa shape index (κ2) is 8.04. The van der Waals surface area contributed by atoms with Crippen LogP contribution in [0, 0.1) is 5.41 Å². The largest absolute Gasteiger partial charge is 0.417 e. The third-order valence-corrected chi connectivity index (χ3v) is 5.58. The molecule has 1 aliphatic carbocycles. The summed E-state index contributed by atoms with van der Waals surface area (Å²) in [7, 11) is 0. The zero-order chi connectivity index (χ0) is 21.2. The van der Waals surface area contributed by atoms with Gasteiger partial charge in [0, 0.05) is 24.7 Å². The molecule has 0 bridgehead atoms. The summed E-state index contributed by atoms with van der Waals surface area (Å²) in [5, 5.41) is 2.71. The first-order chi connectivity index (χ1) is 13.8. The number of carbonyl (C=O) groups is 2. The summed E-state index contributed by atoms with van der Waals surface area (Å²) >= 11 is 0. The molecule has 2 amide bonds. The highest BCUT2D eigenvalue weighted by molar-refractivity contribution is 5.98. The Hall–Kier alpha value is -2.58. The van der Waals surface area contributed by atoms with E-state index in [0.29, 0.717) is 24.7 Å². The van der Waals surface area contributed by atoms with Gasteiger partial charge < -0.3 is 15.2 Å². The van der Waals surface area contributed by atoms with Gasteiger partial charge in [-0.15, -0.1) is 0 Å². The maximum absolute atomic E-state index is 12.7. The van der Waals surface area contributed by atoms with Crippen molar-refractivity contribution in [2.24, 2.45) is 5.41 Å². The van der Waals surface area contributed by atoms with E-state index in [0.717, 1.165) is 18.9 Å². The number of likely N-dealkylation sites (tertiary alicyclic amines) is 1. The topological polar surface area (TPSA) is 78.1 Å². The van der Waals surface area contributed by atoms with Crippen molar-refractivity contribution in [3.05, 3.63) is 29.6 Å². The fraction of sp³-hybridized carbons (Fsp3) is 0.550. The van der Waals surface area contributed by atoms with Gasteiger partial charge in [0.1, 0.15) is 11.3 Å². The normalized spacial score (nSPS) is 17.6. The third kappa shape index (κ3) is 4.71. The fourth-order valence-electron chi connectivity index (χ4n) is 3.56. The lowest BCUT2D eigenvalue weighted by molar-refractivity contribution is -0.137. The number of aromatic amines is 1. The molecule has 158 valence electrons. The number of amides is 2. The predicted octanol–water partition coefficient (Wildman–Crippen LogP) is 3.74. The van der Waals surface area contributed by atoms with Crippen LogP contribution in [0.2, 0.25) is 0 Å². The van der Waals surface area contributed by atoms with Crippen LogP contribution < -0.4 is 5.32 Å². The van der Waals surface area contributed by atoms with Crippen LogP contribution in [-0.4, -0.2) is 46.3 Å². The summed E-state index contributed by atoms with van der Waals surface area (Å²) in [5.74, 6) is -0.696. The highest BCUT2D eigenvalue weighted by Crippen LogP contribution is 2.53. The van der Waals surface area contributed by atoms with Crippen LogP contribution in [0.25, 0.3) is 11.0 Å². The van der Waals surface area contributed by atoms with Crippen molar-refractivity contribution in [3.8, 4) is 0 Å². The van der Waals surface area contributed by atoms with E-state index >= 15 is 0 Å². The number of pyridine rings is 1. The van der Waals surface area contributed by atoms with Gasteiger partial charge in [0.25, 0.3) is 5.91 Å². The van der Waals surface area contributed by atoms with Crippen LogP contribution in [0.1, 0.15) is 55.6 Å². The van der Waals surface area contributed by atoms with E-state index in [4.69, 9.17) is 0 Å². The zero-order valence-corrected chi connectivity index (χ0v) is 16.5. The third-order valence-electron chi connectivity index (χ3n) is 5.58. The number of aromatic nitrogens is 2. The van der Waals surface area contributed by atoms with E-state index in [-0.39, 0.29) is 29.2 Å². The van der Waals surface area contributed by atoms with Crippen molar-refractivity contribution < 1.29 is 22.8 Å². The molecule has 4 rings (SSSR count). The van der Waals surface area contributed by atoms with E-state index in [1.165, 1.54) is 18.9 Å². The number of piperidine rings is 1. The van der Waals surface area contributed by atoms with E-state index in [9.17, 15) is 22.8 Å². The molecule has 0 unspecified atom stereocenters. The number of H-pyrrole nitrogens is 1. The van der Waals surface area contributed by atoms with Crippen molar-refractivity contribution in [2.75, 3.05) is 19.6 Å². The molecule has 29 heavy (non-hydrogen) atoms. The van der Waals surface area contributed by atoms with Crippen LogP contribution in [0.4, 0.5) is 13.2 Å². The molecule has 2 aromatic rings. The Balaban J connectivity index is 0.00000117. The number of nitrogens with one attached hydrogen (secondary N) is 2. The molecule has 3 heterocycles. The fourth-order valence-corrected chi connectivity index (χ4v) is 3.56. The number of hydrogen-bond acceptors (Lipinski definition) is 3. The molecule has 1 saturated heterocycles. The summed E-state index contributed by atoms with van der Waals surface area (Å²) < 4.78 is 38.2. The van der Waals surface area contributed by atoms with Crippen LogP contribution >= 0.6 is 0 Å². The first-order valence-corrected chi connectivity index (χ1v) is 9.88. The Kier molecular flexibility index (Phi) is 5.86. The second-order valence-electron chi connectivity index (χ2n) is 7.41. The van der Waals surface area contributed by atoms with Crippen molar-refractivity contribution in [3.63, 3.8) is 0 Å². The first kappa shape index (κ1) is 21.1. The monoisotopic (exact) mass is 410 g/mol. The van der Waals surface area contributed by atoms with E-state index < -0.39 is 17.6 Å². The Labute approximate surface area is 166 Å². The van der Waals surface area contributed by atoms with Gasteiger partial charge in [-0.2, -0.15) is 13.2 Å². The average Bonchev–Trinajstić information content (AvgIpc) is 3.31. The van der Waals surface area contributed by atoms with Gasteiger partial charge in [-0.3, -0.25) is 9.59 Å². The van der Waals surface area contributed by atoms with Crippen molar-refractivity contribution >= 4 is 22.8 Å². The summed E-state index contributed by atoms with van der Waals surface area (Å²) in [4.78, 5) is 32.6. The van der Waals surface area contributed by atoms with Gasteiger partial charge in [0.15, 0.2) is 0 Å². The van der Waals surface area contributed by atoms with Gasteiger partial charge in [0.05, 0.1) is 12.1 Å². The maximum atomic E-state index is 12.7. The summed E-state index contributed by atoms with van der Waals surface area (Å²) in [6.07, 6.45) is 0.740. The van der Waals surface area contributed by atoms with Gasteiger partial charge in [-0.1, -0.05) is 13.8 Å². The first-order valence-electron chi connectivity index (χ1n) is 9.88. The van der Waals surface area contributed by atoms with Crippen LogP contribution in [0.3, 0.4) is 0 Å². The lowest BCUT2D eigenvalue weighted by atomic mass is 9.94. The molecule has 2 aromatic heterocycles. The van der Waals surface area contributed by atoms with E-state index in [2.05, 4.69) is 15.3 Å². The smallest absolute Gasteiger partial charge is 0.342 e. The minimum Gasteiger partial charge on any atom is -0.342 e. The molecule has 1 saturated carbocycles. The molecule has 6 nitrogen and oxygen atoms in total. The molecule has 2 fully saturated rings. The number of halogens is 3. The minimum absolute atomic E-state index is 0.0696. The van der Waals surface area contributed by atoms with Gasteiger partial charge in [-0.05, 0) is 43.2 Å². The number of carbonyl (C=O) groups excluding carboxylic acids is 2. The molecule has 2 aliphatic rings. The molecule has 2 N–H and O–H groups in total. The van der Waals surface area contributed by atoms with Crippen molar-refractivity contribution in [2.45, 2.75) is 45.7 Å². The van der Waals surface area contributed by atoms with Crippen LogP contribution in [-0.2, 0) is 11.0 Å².